The predicted octanol–water partition coefficient (Wildman–Crippen LogP) is 3.02. The van der Waals surface area contributed by atoms with Crippen molar-refractivity contribution >= 4 is 11.4 Å². The Morgan fingerprint density at radius 2 is 2.00 bits per heavy atom. The first-order valence-electron chi connectivity index (χ1n) is 6.38. The Morgan fingerprint density at radius 1 is 1.21 bits per heavy atom. The molecule has 2 rings (SSSR count). The van der Waals surface area contributed by atoms with Crippen LogP contribution in [0.1, 0.15) is 24.2 Å². The SMILES string of the molecule is Cc1ccc(NC(C)c2cnccn2)cc1N(C)C. The number of hydrogen-bond acceptors (Lipinski definition) is 4. The quantitative estimate of drug-likeness (QED) is 0.913. The number of hydrogen-bond donors (Lipinski definition) is 1. The molecule has 1 aromatic heterocycles. The van der Waals surface area contributed by atoms with Crippen molar-refractivity contribution in [1.82, 2.24) is 9.97 Å². The molecule has 0 spiro atoms. The topological polar surface area (TPSA) is 41.1 Å². The summed E-state index contributed by atoms with van der Waals surface area (Å²) in [5, 5.41) is 3.45. The highest BCUT2D eigenvalue weighted by molar-refractivity contribution is 5.62. The summed E-state index contributed by atoms with van der Waals surface area (Å²) >= 11 is 0. The zero-order valence-electron chi connectivity index (χ0n) is 11.9. The third-order valence-corrected chi connectivity index (χ3v) is 3.10. The van der Waals surface area contributed by atoms with Gasteiger partial charge in [0.25, 0.3) is 0 Å². The molecule has 0 saturated heterocycles. The van der Waals surface area contributed by atoms with Crippen LogP contribution in [0.4, 0.5) is 11.4 Å². The molecule has 100 valence electrons. The lowest BCUT2D eigenvalue weighted by atomic mass is 10.1. The van der Waals surface area contributed by atoms with Crippen molar-refractivity contribution in [3.05, 3.63) is 48.0 Å². The van der Waals surface area contributed by atoms with Gasteiger partial charge in [0.2, 0.25) is 0 Å². The fourth-order valence-corrected chi connectivity index (χ4v) is 2.04. The smallest absolute Gasteiger partial charge is 0.0806 e. The van der Waals surface area contributed by atoms with Gasteiger partial charge in [-0.15, -0.1) is 0 Å². The van der Waals surface area contributed by atoms with Crippen molar-refractivity contribution in [2.45, 2.75) is 19.9 Å². The van der Waals surface area contributed by atoms with Gasteiger partial charge in [0, 0.05) is 37.9 Å². The average Bonchev–Trinajstić information content (AvgIpc) is 2.41. The highest BCUT2D eigenvalue weighted by Gasteiger charge is 2.08. The molecule has 1 atom stereocenters. The van der Waals surface area contributed by atoms with E-state index in [9.17, 15) is 0 Å². The Balaban J connectivity index is 2.18. The molecule has 4 heteroatoms. The van der Waals surface area contributed by atoms with E-state index in [4.69, 9.17) is 0 Å². The van der Waals surface area contributed by atoms with Gasteiger partial charge in [-0.1, -0.05) is 6.07 Å². The van der Waals surface area contributed by atoms with Crippen LogP contribution in [0, 0.1) is 6.92 Å². The maximum Gasteiger partial charge on any atom is 0.0806 e. The van der Waals surface area contributed by atoms with Gasteiger partial charge < -0.3 is 10.2 Å². The fourth-order valence-electron chi connectivity index (χ4n) is 2.04. The predicted molar refractivity (Wildman–Crippen MR) is 79.6 cm³/mol. The molecular formula is C15H20N4. The van der Waals surface area contributed by atoms with E-state index in [0.717, 1.165) is 11.4 Å². The van der Waals surface area contributed by atoms with E-state index in [1.54, 1.807) is 18.6 Å². The lowest BCUT2D eigenvalue weighted by Gasteiger charge is -2.19. The Hall–Kier alpha value is -2.10. The maximum absolute atomic E-state index is 4.31. The van der Waals surface area contributed by atoms with E-state index in [-0.39, 0.29) is 6.04 Å². The molecule has 1 heterocycles. The zero-order valence-corrected chi connectivity index (χ0v) is 11.9. The third-order valence-electron chi connectivity index (χ3n) is 3.10. The molecule has 0 radical (unpaired) electrons. The van der Waals surface area contributed by atoms with Crippen LogP contribution in [0.15, 0.2) is 36.8 Å². The summed E-state index contributed by atoms with van der Waals surface area (Å²) in [6.07, 6.45) is 5.19. The summed E-state index contributed by atoms with van der Waals surface area (Å²) in [4.78, 5) is 10.5. The van der Waals surface area contributed by atoms with Crippen molar-refractivity contribution in [1.29, 1.82) is 0 Å². The second kappa shape index (κ2) is 5.69. The van der Waals surface area contributed by atoms with Crippen LogP contribution < -0.4 is 10.2 Å². The van der Waals surface area contributed by atoms with E-state index in [2.05, 4.69) is 66.3 Å². The first-order chi connectivity index (χ1) is 9.08. The van der Waals surface area contributed by atoms with E-state index in [1.165, 1.54) is 11.3 Å². The molecule has 19 heavy (non-hydrogen) atoms. The second-order valence-corrected chi connectivity index (χ2v) is 4.89. The van der Waals surface area contributed by atoms with Gasteiger partial charge in [-0.05, 0) is 31.5 Å². The van der Waals surface area contributed by atoms with Gasteiger partial charge >= 0.3 is 0 Å². The van der Waals surface area contributed by atoms with Crippen LogP contribution in [-0.2, 0) is 0 Å². The molecule has 2 aromatic rings. The molecule has 0 aliphatic heterocycles. The van der Waals surface area contributed by atoms with Crippen molar-refractivity contribution in [2.24, 2.45) is 0 Å². The first-order valence-corrected chi connectivity index (χ1v) is 6.38. The number of rotatable bonds is 4. The number of nitrogens with zero attached hydrogens (tertiary/aromatic N) is 3. The summed E-state index contributed by atoms with van der Waals surface area (Å²) in [6.45, 7) is 4.20. The van der Waals surface area contributed by atoms with Crippen molar-refractivity contribution in [2.75, 3.05) is 24.3 Å². The van der Waals surface area contributed by atoms with Gasteiger partial charge in [-0.3, -0.25) is 9.97 Å². The Kier molecular flexibility index (Phi) is 4.00. The largest absolute Gasteiger partial charge is 0.377 e. The molecule has 0 bridgehead atoms. The normalized spacial score (nSPS) is 12.0. The summed E-state index contributed by atoms with van der Waals surface area (Å²) in [5.41, 5.74) is 4.51. The summed E-state index contributed by atoms with van der Waals surface area (Å²) in [6, 6.07) is 6.50. The van der Waals surface area contributed by atoms with Gasteiger partial charge in [-0.25, -0.2) is 0 Å². The van der Waals surface area contributed by atoms with Crippen LogP contribution in [0.3, 0.4) is 0 Å². The number of anilines is 2. The Morgan fingerprint density at radius 3 is 2.63 bits per heavy atom. The van der Waals surface area contributed by atoms with Crippen LogP contribution in [0.5, 0.6) is 0 Å². The summed E-state index contributed by atoms with van der Waals surface area (Å²) in [7, 11) is 4.11. The number of aryl methyl sites for hydroxylation is 1. The van der Waals surface area contributed by atoms with Crippen molar-refractivity contribution in [3.63, 3.8) is 0 Å². The number of nitrogens with one attached hydrogen (secondary N) is 1. The van der Waals surface area contributed by atoms with Gasteiger partial charge in [0.05, 0.1) is 17.9 Å². The lowest BCUT2D eigenvalue weighted by molar-refractivity contribution is 0.827. The highest BCUT2D eigenvalue weighted by Crippen LogP contribution is 2.25. The Labute approximate surface area is 114 Å². The Bertz CT molecular complexity index is 537. The van der Waals surface area contributed by atoms with E-state index in [1.807, 2.05) is 0 Å². The minimum Gasteiger partial charge on any atom is -0.377 e. The molecule has 0 aliphatic carbocycles. The highest BCUT2D eigenvalue weighted by atomic mass is 15.1. The van der Waals surface area contributed by atoms with Gasteiger partial charge in [0.15, 0.2) is 0 Å². The van der Waals surface area contributed by atoms with Crippen LogP contribution >= 0.6 is 0 Å². The average molecular weight is 256 g/mol. The summed E-state index contributed by atoms with van der Waals surface area (Å²) < 4.78 is 0. The third kappa shape index (κ3) is 3.22. The molecule has 4 nitrogen and oxygen atoms in total. The maximum atomic E-state index is 4.31. The minimum absolute atomic E-state index is 0.131. The fraction of sp³-hybridized carbons (Fsp3) is 0.333. The molecule has 0 fully saturated rings. The van der Waals surface area contributed by atoms with E-state index in [0.29, 0.717) is 0 Å². The molecule has 1 N–H and O–H groups in total. The van der Waals surface area contributed by atoms with E-state index < -0.39 is 0 Å². The van der Waals surface area contributed by atoms with Crippen LogP contribution in [0.25, 0.3) is 0 Å². The van der Waals surface area contributed by atoms with Gasteiger partial charge in [-0.2, -0.15) is 0 Å². The zero-order chi connectivity index (χ0) is 13.8. The number of benzene rings is 1. The molecular weight excluding hydrogens is 236 g/mol. The monoisotopic (exact) mass is 256 g/mol. The second-order valence-electron chi connectivity index (χ2n) is 4.89. The standard InChI is InChI=1S/C15H20N4/c1-11-5-6-13(9-15(11)19(3)4)18-12(2)14-10-16-7-8-17-14/h5-10,12,18H,1-4H3. The lowest BCUT2D eigenvalue weighted by Crippen LogP contribution is -2.12. The first kappa shape index (κ1) is 13.3. The van der Waals surface area contributed by atoms with E-state index >= 15 is 0 Å². The summed E-state index contributed by atoms with van der Waals surface area (Å²) in [5.74, 6) is 0. The van der Waals surface area contributed by atoms with Crippen LogP contribution in [-0.4, -0.2) is 24.1 Å². The van der Waals surface area contributed by atoms with Crippen molar-refractivity contribution < 1.29 is 0 Å². The van der Waals surface area contributed by atoms with Crippen molar-refractivity contribution in [3.8, 4) is 0 Å². The molecule has 0 aliphatic rings. The van der Waals surface area contributed by atoms with Crippen LogP contribution in [0.2, 0.25) is 0 Å². The number of aromatic nitrogens is 2. The molecule has 1 unspecified atom stereocenters. The van der Waals surface area contributed by atoms with Gasteiger partial charge in [0.1, 0.15) is 0 Å². The molecule has 0 saturated carbocycles. The molecule has 0 amide bonds. The molecule has 1 aromatic carbocycles. The minimum atomic E-state index is 0.131.